The molecule has 1 unspecified atom stereocenters. The molecule has 15 heteroatoms. The van der Waals surface area contributed by atoms with E-state index in [9.17, 15) is 24.3 Å². The molecule has 1 aromatic rings. The maximum absolute atomic E-state index is 12.9. The van der Waals surface area contributed by atoms with Crippen molar-refractivity contribution in [3.8, 4) is 0 Å². The van der Waals surface area contributed by atoms with Gasteiger partial charge in [0.1, 0.15) is 28.2 Å². The highest BCUT2D eigenvalue weighted by Crippen LogP contribution is 2.42. The highest BCUT2D eigenvalue weighted by atomic mass is 32.2. The number of hydrogen-bond acceptors (Lipinski definition) is 12. The summed E-state index contributed by atoms with van der Waals surface area (Å²) in [7, 11) is 0. The molecule has 1 fully saturated rings. The molecule has 0 aromatic carbocycles. The van der Waals surface area contributed by atoms with Gasteiger partial charge in [-0.25, -0.2) is 14.6 Å². The molecule has 2 aliphatic rings. The van der Waals surface area contributed by atoms with Crippen LogP contribution < -0.4 is 5.32 Å². The average Bonchev–Trinajstić information content (AvgIpc) is 3.26. The smallest absolute Gasteiger partial charge is 0.353 e. The van der Waals surface area contributed by atoms with E-state index >= 15 is 0 Å². The van der Waals surface area contributed by atoms with Crippen molar-refractivity contribution in [2.45, 2.75) is 37.8 Å². The Bertz CT molecular complexity index is 1020. The molecule has 3 heterocycles. The SMILES string of the molecule is CSC1=C(C(=O)O)N2C(=O)C(NC(=O)C(=NOCC(=O)OC(C)(C)C)c3ncsn3)[C@@H]2SC1. The van der Waals surface area contributed by atoms with Gasteiger partial charge in [-0.1, -0.05) is 5.16 Å². The number of aliphatic carboxylic acids is 1. The van der Waals surface area contributed by atoms with Crippen LogP contribution in [0.2, 0.25) is 0 Å². The number of β-lactam (4-membered cyclic amide) rings is 1. The molecule has 2 atom stereocenters. The van der Waals surface area contributed by atoms with E-state index in [0.29, 0.717) is 10.7 Å². The number of esters is 1. The molecule has 178 valence electrons. The molecule has 0 radical (unpaired) electrons. The van der Waals surface area contributed by atoms with Gasteiger partial charge in [-0.05, 0) is 38.6 Å². The lowest BCUT2D eigenvalue weighted by molar-refractivity contribution is -0.160. The largest absolute Gasteiger partial charge is 0.477 e. The third kappa shape index (κ3) is 5.65. The molecule has 1 saturated heterocycles. The van der Waals surface area contributed by atoms with E-state index in [0.717, 1.165) is 11.5 Å². The molecule has 0 aliphatic carbocycles. The average molecular weight is 516 g/mol. The minimum Gasteiger partial charge on any atom is -0.477 e. The minimum atomic E-state index is -1.20. The van der Waals surface area contributed by atoms with Crippen LogP contribution in [0.1, 0.15) is 26.6 Å². The summed E-state index contributed by atoms with van der Waals surface area (Å²) in [6.45, 7) is 4.54. The number of carbonyl (C=O) groups is 4. The van der Waals surface area contributed by atoms with Crippen LogP contribution in [-0.2, 0) is 28.8 Å². The van der Waals surface area contributed by atoms with Crippen LogP contribution in [0.3, 0.4) is 0 Å². The van der Waals surface area contributed by atoms with E-state index < -0.39 is 47.4 Å². The first kappa shape index (κ1) is 25.0. The molecular formula is C18H21N5O7S3. The van der Waals surface area contributed by atoms with Gasteiger partial charge in [0.2, 0.25) is 18.1 Å². The third-order valence-electron chi connectivity index (χ3n) is 4.22. The van der Waals surface area contributed by atoms with Crippen molar-refractivity contribution in [2.24, 2.45) is 5.16 Å². The Kier molecular flexibility index (Phi) is 7.64. The van der Waals surface area contributed by atoms with Gasteiger partial charge in [0.15, 0.2) is 0 Å². The zero-order chi connectivity index (χ0) is 24.3. The highest BCUT2D eigenvalue weighted by Gasteiger charge is 2.54. The molecule has 3 rings (SSSR count). The van der Waals surface area contributed by atoms with Crippen molar-refractivity contribution in [3.05, 3.63) is 21.9 Å². The van der Waals surface area contributed by atoms with Crippen molar-refractivity contribution in [1.29, 1.82) is 0 Å². The molecule has 0 bridgehead atoms. The number of fused-ring (bicyclic) bond motifs is 1. The van der Waals surface area contributed by atoms with E-state index in [4.69, 9.17) is 9.57 Å². The molecule has 1 aromatic heterocycles. The van der Waals surface area contributed by atoms with Gasteiger partial charge < -0.3 is 20.0 Å². The summed E-state index contributed by atoms with van der Waals surface area (Å²) < 4.78 is 9.07. The number of aromatic nitrogens is 2. The van der Waals surface area contributed by atoms with Crippen molar-refractivity contribution in [1.82, 2.24) is 19.6 Å². The fraction of sp³-hybridized carbons (Fsp3) is 0.500. The number of carbonyl (C=O) groups excluding carboxylic acids is 3. The molecule has 2 aliphatic heterocycles. The normalized spacial score (nSPS) is 20.7. The van der Waals surface area contributed by atoms with Gasteiger partial charge in [0.05, 0.1) is 0 Å². The standard InChI is InChI=1S/C18H21N5O7S3/c1-18(2,3)30-9(24)5-29-21-10(13-19-7-33-22-13)14(25)20-11-15(26)23-12(17(27)28)8(31-4)6-32-16(11)23/h7,11,16H,5-6H2,1-4H3,(H,20,25)(H,27,28)/t11?,16-/m0/s1. The van der Waals surface area contributed by atoms with Crippen LogP contribution in [0.4, 0.5) is 0 Å². The summed E-state index contributed by atoms with van der Waals surface area (Å²) in [6, 6.07) is -0.963. The fourth-order valence-electron chi connectivity index (χ4n) is 2.94. The number of oxime groups is 1. The lowest BCUT2D eigenvalue weighted by Gasteiger charge is -2.49. The predicted molar refractivity (Wildman–Crippen MR) is 121 cm³/mol. The third-order valence-corrected chi connectivity index (χ3v) is 6.99. The van der Waals surface area contributed by atoms with E-state index in [1.54, 1.807) is 27.0 Å². The molecule has 2 N–H and O–H groups in total. The first-order valence-corrected chi connectivity index (χ1v) is 12.6. The van der Waals surface area contributed by atoms with Crippen molar-refractivity contribution < 1.29 is 33.9 Å². The number of carboxylic acid groups (broad SMARTS) is 1. The Morgan fingerprint density at radius 3 is 2.70 bits per heavy atom. The first-order valence-electron chi connectivity index (χ1n) is 9.48. The number of thioether (sulfide) groups is 2. The number of hydrogen-bond donors (Lipinski definition) is 2. The lowest BCUT2D eigenvalue weighted by atomic mass is 10.0. The second-order valence-corrected chi connectivity index (χ2v) is 10.3. The summed E-state index contributed by atoms with van der Waals surface area (Å²) in [5, 5.41) is 15.2. The van der Waals surface area contributed by atoms with Crippen LogP contribution in [-0.4, -0.2) is 84.5 Å². The topological polar surface area (TPSA) is 160 Å². The number of nitrogens with zero attached hydrogens (tertiary/aromatic N) is 4. The van der Waals surface area contributed by atoms with Gasteiger partial charge in [-0.15, -0.1) is 23.5 Å². The summed E-state index contributed by atoms with van der Waals surface area (Å²) in [4.78, 5) is 59.7. The van der Waals surface area contributed by atoms with Gasteiger partial charge in [0.25, 0.3) is 11.8 Å². The zero-order valence-electron chi connectivity index (χ0n) is 18.1. The Morgan fingerprint density at radius 2 is 2.12 bits per heavy atom. The van der Waals surface area contributed by atoms with Crippen LogP contribution in [0.15, 0.2) is 21.3 Å². The summed E-state index contributed by atoms with van der Waals surface area (Å²) >= 11 is 3.58. The van der Waals surface area contributed by atoms with Gasteiger partial charge >= 0.3 is 11.9 Å². The second-order valence-electron chi connectivity index (χ2n) is 7.70. The maximum atomic E-state index is 12.9. The molecule has 33 heavy (non-hydrogen) atoms. The molecule has 2 amide bonds. The summed E-state index contributed by atoms with van der Waals surface area (Å²) in [5.74, 6) is -2.88. The van der Waals surface area contributed by atoms with Crippen molar-refractivity contribution >= 4 is 64.5 Å². The summed E-state index contributed by atoms with van der Waals surface area (Å²) in [5.41, 5.74) is 0.268. The minimum absolute atomic E-state index is 0.0441. The summed E-state index contributed by atoms with van der Waals surface area (Å²) in [6.07, 6.45) is 1.74. The Labute approximate surface area is 201 Å². The van der Waals surface area contributed by atoms with E-state index in [-0.39, 0.29) is 17.2 Å². The molecule has 12 nitrogen and oxygen atoms in total. The molecular weight excluding hydrogens is 494 g/mol. The number of carboxylic acids is 1. The van der Waals surface area contributed by atoms with E-state index in [2.05, 4.69) is 19.8 Å². The monoisotopic (exact) mass is 515 g/mol. The van der Waals surface area contributed by atoms with E-state index in [1.165, 1.54) is 33.9 Å². The quantitative estimate of drug-likeness (QED) is 0.217. The first-order chi connectivity index (χ1) is 15.5. The fourth-order valence-corrected chi connectivity index (χ4v) is 5.61. The Morgan fingerprint density at radius 1 is 1.39 bits per heavy atom. The number of nitrogens with one attached hydrogen (secondary N) is 1. The van der Waals surface area contributed by atoms with Gasteiger partial charge in [-0.2, -0.15) is 4.37 Å². The van der Waals surface area contributed by atoms with Crippen LogP contribution in [0.5, 0.6) is 0 Å². The van der Waals surface area contributed by atoms with Crippen LogP contribution in [0, 0.1) is 0 Å². The number of amides is 2. The van der Waals surface area contributed by atoms with Gasteiger partial charge in [0, 0.05) is 10.7 Å². The van der Waals surface area contributed by atoms with Crippen LogP contribution >= 0.6 is 35.1 Å². The second kappa shape index (κ2) is 10.1. The predicted octanol–water partition coefficient (Wildman–Crippen LogP) is 0.660. The maximum Gasteiger partial charge on any atom is 0.353 e. The molecule has 0 saturated carbocycles. The number of rotatable bonds is 8. The Balaban J connectivity index is 1.71. The van der Waals surface area contributed by atoms with E-state index in [1.807, 2.05) is 0 Å². The lowest BCUT2D eigenvalue weighted by Crippen LogP contribution is -2.71. The zero-order valence-corrected chi connectivity index (χ0v) is 20.5. The van der Waals surface area contributed by atoms with Crippen molar-refractivity contribution in [2.75, 3.05) is 18.6 Å². The van der Waals surface area contributed by atoms with Gasteiger partial charge in [-0.3, -0.25) is 14.5 Å². The molecule has 0 spiro atoms. The Hall–Kier alpha value is -2.65. The highest BCUT2D eigenvalue weighted by molar-refractivity contribution is 8.05. The van der Waals surface area contributed by atoms with Crippen LogP contribution in [0.25, 0.3) is 0 Å². The van der Waals surface area contributed by atoms with Crippen molar-refractivity contribution in [3.63, 3.8) is 0 Å². The number of ether oxygens (including phenoxy) is 1.